The predicted molar refractivity (Wildman–Crippen MR) is 86.7 cm³/mol. The Morgan fingerprint density at radius 1 is 1.46 bits per heavy atom. The number of carbonyl (C=O) groups is 1. The van der Waals surface area contributed by atoms with Crippen LogP contribution in [0.5, 0.6) is 0 Å². The molecular formula is C16H14N6O2. The zero-order chi connectivity index (χ0) is 17.3. The summed E-state index contributed by atoms with van der Waals surface area (Å²) in [4.78, 5) is 16.2. The molecule has 3 rings (SSSR count). The van der Waals surface area contributed by atoms with Crippen LogP contribution in [-0.2, 0) is 11.8 Å². The van der Waals surface area contributed by atoms with Crippen LogP contribution in [0.25, 0.3) is 22.4 Å². The van der Waals surface area contributed by atoms with Gasteiger partial charge in [0.15, 0.2) is 5.69 Å². The summed E-state index contributed by atoms with van der Waals surface area (Å²) in [5, 5.41) is 15.9. The molecule has 3 N–H and O–H groups in total. The highest BCUT2D eigenvalue weighted by molar-refractivity contribution is 5.97. The van der Waals surface area contributed by atoms with Gasteiger partial charge in [0.25, 0.3) is 0 Å². The number of aromatic nitrogens is 4. The Kier molecular flexibility index (Phi) is 3.75. The molecule has 120 valence electrons. The first-order valence-electron chi connectivity index (χ1n) is 7.00. The minimum atomic E-state index is -0.581. The second-order valence-electron chi connectivity index (χ2n) is 5.14. The van der Waals surface area contributed by atoms with Gasteiger partial charge in [-0.25, -0.2) is 9.78 Å². The first kappa shape index (κ1) is 15.3. The molecular weight excluding hydrogens is 308 g/mol. The van der Waals surface area contributed by atoms with Crippen LogP contribution < -0.4 is 5.73 Å². The monoisotopic (exact) mass is 322 g/mol. The number of carbonyl (C=O) groups excluding carboxylic acids is 1. The highest BCUT2D eigenvalue weighted by Crippen LogP contribution is 2.32. The lowest BCUT2D eigenvalue weighted by Gasteiger charge is -2.09. The van der Waals surface area contributed by atoms with E-state index in [4.69, 9.17) is 10.5 Å². The molecule has 0 radical (unpaired) electrons. The predicted octanol–water partition coefficient (Wildman–Crippen LogP) is 1.72. The van der Waals surface area contributed by atoms with E-state index in [1.807, 2.05) is 36.1 Å². The van der Waals surface area contributed by atoms with Crippen molar-refractivity contribution in [3.63, 3.8) is 0 Å². The molecule has 0 amide bonds. The molecule has 0 atom stereocenters. The number of nitriles is 1. The fourth-order valence-corrected chi connectivity index (χ4v) is 2.45. The molecule has 0 saturated carbocycles. The highest BCUT2D eigenvalue weighted by atomic mass is 16.5. The average Bonchev–Trinajstić information content (AvgIpc) is 3.22. The number of nitrogens with zero attached hydrogens (tertiary/aromatic N) is 4. The Hall–Kier alpha value is -3.60. The van der Waals surface area contributed by atoms with E-state index in [0.29, 0.717) is 16.8 Å². The molecule has 24 heavy (non-hydrogen) atoms. The van der Waals surface area contributed by atoms with E-state index in [1.165, 1.54) is 13.3 Å². The number of nitrogens with one attached hydrogen (secondary N) is 1. The molecule has 0 bridgehead atoms. The molecule has 8 heteroatoms. The van der Waals surface area contributed by atoms with Crippen molar-refractivity contribution >= 4 is 11.8 Å². The van der Waals surface area contributed by atoms with E-state index < -0.39 is 5.97 Å². The van der Waals surface area contributed by atoms with Crippen LogP contribution in [0.1, 0.15) is 16.1 Å². The topological polar surface area (TPSA) is 123 Å². The van der Waals surface area contributed by atoms with Crippen LogP contribution >= 0.6 is 0 Å². The molecule has 0 aromatic carbocycles. The van der Waals surface area contributed by atoms with Crippen molar-refractivity contribution in [2.24, 2.45) is 7.05 Å². The van der Waals surface area contributed by atoms with Gasteiger partial charge >= 0.3 is 5.97 Å². The minimum absolute atomic E-state index is 0.0888. The number of anilines is 1. The molecule has 0 fully saturated rings. The van der Waals surface area contributed by atoms with Crippen LogP contribution in [0.15, 0.2) is 30.7 Å². The van der Waals surface area contributed by atoms with Crippen molar-refractivity contribution in [1.29, 1.82) is 5.26 Å². The lowest BCUT2D eigenvalue weighted by atomic mass is 9.99. The quantitative estimate of drug-likeness (QED) is 0.708. The Labute approximate surface area is 137 Å². The summed E-state index contributed by atoms with van der Waals surface area (Å²) < 4.78 is 6.61. The fraction of sp³-hybridized carbons (Fsp3) is 0.125. The largest absolute Gasteiger partial charge is 0.464 e. The zero-order valence-corrected chi connectivity index (χ0v) is 13.1. The fourth-order valence-electron chi connectivity index (χ4n) is 2.45. The number of hydrogen-bond donors (Lipinski definition) is 2. The van der Waals surface area contributed by atoms with E-state index in [0.717, 1.165) is 5.56 Å². The van der Waals surface area contributed by atoms with Crippen LogP contribution in [0, 0.1) is 11.3 Å². The standard InChI is InChI=1S/C16H14N6O2/c1-22-4-3-9(8-22)13-5-10(11(6-17)15(18)20-13)12-7-19-21-14(12)16(23)24-2/h3-5,7-8H,1-2H3,(H2,18,20)(H,19,21). The van der Waals surface area contributed by atoms with Crippen LogP contribution in [0.2, 0.25) is 0 Å². The Balaban J connectivity index is 2.24. The minimum Gasteiger partial charge on any atom is -0.464 e. The van der Waals surface area contributed by atoms with Crippen molar-refractivity contribution in [3.05, 3.63) is 42.0 Å². The van der Waals surface area contributed by atoms with Crippen LogP contribution in [-0.4, -0.2) is 32.8 Å². The lowest BCUT2D eigenvalue weighted by molar-refractivity contribution is 0.0595. The maximum Gasteiger partial charge on any atom is 0.356 e. The van der Waals surface area contributed by atoms with Gasteiger partial charge in [0.2, 0.25) is 0 Å². The number of esters is 1. The molecule has 0 saturated heterocycles. The number of ether oxygens (including phenoxy) is 1. The van der Waals surface area contributed by atoms with Crippen LogP contribution in [0.4, 0.5) is 5.82 Å². The summed E-state index contributed by atoms with van der Waals surface area (Å²) in [5.74, 6) is -0.492. The first-order chi connectivity index (χ1) is 11.5. The van der Waals surface area contributed by atoms with Crippen molar-refractivity contribution in [3.8, 4) is 28.5 Å². The molecule has 0 aliphatic rings. The molecule has 8 nitrogen and oxygen atoms in total. The third kappa shape index (κ3) is 2.48. The van der Waals surface area contributed by atoms with Gasteiger partial charge in [-0.2, -0.15) is 10.4 Å². The highest BCUT2D eigenvalue weighted by Gasteiger charge is 2.21. The van der Waals surface area contributed by atoms with Gasteiger partial charge in [0, 0.05) is 36.1 Å². The average molecular weight is 322 g/mol. The van der Waals surface area contributed by atoms with E-state index in [-0.39, 0.29) is 17.1 Å². The second-order valence-corrected chi connectivity index (χ2v) is 5.14. The maximum absolute atomic E-state index is 11.9. The lowest BCUT2D eigenvalue weighted by Crippen LogP contribution is -2.05. The van der Waals surface area contributed by atoms with Gasteiger partial charge < -0.3 is 15.0 Å². The molecule has 0 aliphatic carbocycles. The summed E-state index contributed by atoms with van der Waals surface area (Å²) in [6.45, 7) is 0. The normalized spacial score (nSPS) is 10.4. The number of hydrogen-bond acceptors (Lipinski definition) is 6. The number of pyridine rings is 1. The van der Waals surface area contributed by atoms with E-state index in [2.05, 4.69) is 15.2 Å². The molecule has 3 aromatic rings. The smallest absolute Gasteiger partial charge is 0.356 e. The molecule has 0 spiro atoms. The number of aromatic amines is 1. The van der Waals surface area contributed by atoms with E-state index in [1.54, 1.807) is 6.07 Å². The van der Waals surface area contributed by atoms with Crippen molar-refractivity contribution in [1.82, 2.24) is 19.7 Å². The summed E-state index contributed by atoms with van der Waals surface area (Å²) in [7, 11) is 3.16. The number of nitrogens with two attached hydrogens (primary N) is 1. The van der Waals surface area contributed by atoms with Gasteiger partial charge in [0.05, 0.1) is 19.0 Å². The van der Waals surface area contributed by atoms with Gasteiger partial charge in [-0.1, -0.05) is 0 Å². The van der Waals surface area contributed by atoms with Crippen molar-refractivity contribution < 1.29 is 9.53 Å². The maximum atomic E-state index is 11.9. The number of methoxy groups -OCH3 is 1. The second kappa shape index (κ2) is 5.89. The summed E-state index contributed by atoms with van der Waals surface area (Å²) in [6.07, 6.45) is 5.22. The third-order valence-electron chi connectivity index (χ3n) is 3.61. The number of aryl methyl sites for hydroxylation is 1. The molecule has 3 aromatic heterocycles. The number of rotatable bonds is 3. The Morgan fingerprint density at radius 2 is 2.25 bits per heavy atom. The van der Waals surface area contributed by atoms with E-state index >= 15 is 0 Å². The SMILES string of the molecule is COC(=O)c1[nH]ncc1-c1cc(-c2ccn(C)c2)nc(N)c1C#N. The molecule has 0 aliphatic heterocycles. The number of H-pyrrole nitrogens is 1. The number of nitrogen functional groups attached to an aromatic ring is 1. The van der Waals surface area contributed by atoms with Gasteiger partial charge in [-0.3, -0.25) is 5.10 Å². The Morgan fingerprint density at radius 3 is 2.88 bits per heavy atom. The van der Waals surface area contributed by atoms with Gasteiger partial charge in [0.1, 0.15) is 17.5 Å². The van der Waals surface area contributed by atoms with E-state index in [9.17, 15) is 10.1 Å². The third-order valence-corrected chi connectivity index (χ3v) is 3.61. The summed E-state index contributed by atoms with van der Waals surface area (Å²) >= 11 is 0. The summed E-state index contributed by atoms with van der Waals surface area (Å²) in [5.41, 5.74) is 8.63. The van der Waals surface area contributed by atoms with Crippen LogP contribution in [0.3, 0.4) is 0 Å². The summed E-state index contributed by atoms with van der Waals surface area (Å²) in [6, 6.07) is 5.63. The van der Waals surface area contributed by atoms with Crippen molar-refractivity contribution in [2.75, 3.05) is 12.8 Å². The molecule has 0 unspecified atom stereocenters. The first-order valence-corrected chi connectivity index (χ1v) is 7.00. The zero-order valence-electron chi connectivity index (χ0n) is 13.1. The molecule has 3 heterocycles. The van der Waals surface area contributed by atoms with Gasteiger partial charge in [-0.15, -0.1) is 0 Å². The van der Waals surface area contributed by atoms with Crippen molar-refractivity contribution in [2.45, 2.75) is 0 Å². The van der Waals surface area contributed by atoms with Gasteiger partial charge in [-0.05, 0) is 12.1 Å². The Bertz CT molecular complexity index is 963.